The molecular formula is C11H15ClN4O. The standard InChI is InChI=1S/C11H15ClN4O/c1-9(12)11(17)16-6-4-15(5-7-16)10-8-13-2-3-14-10/h2-3,8-9H,4-7H2,1H3/t9-/m1/s1. The SMILES string of the molecule is C[C@@H](Cl)C(=O)N1CCN(c2cnccn2)CC1. The number of alkyl halides is 1. The quantitative estimate of drug-likeness (QED) is 0.731. The molecule has 0 bridgehead atoms. The maximum absolute atomic E-state index is 11.7. The number of rotatable bonds is 2. The van der Waals surface area contributed by atoms with Crippen LogP contribution in [0.2, 0.25) is 0 Å². The molecule has 0 aromatic carbocycles. The number of nitrogens with zero attached hydrogens (tertiary/aromatic N) is 4. The van der Waals surface area contributed by atoms with Crippen LogP contribution in [0.4, 0.5) is 5.82 Å². The van der Waals surface area contributed by atoms with Gasteiger partial charge in [-0.25, -0.2) is 4.98 Å². The molecule has 1 amide bonds. The van der Waals surface area contributed by atoms with Gasteiger partial charge < -0.3 is 9.80 Å². The number of amides is 1. The lowest BCUT2D eigenvalue weighted by atomic mass is 10.3. The maximum Gasteiger partial charge on any atom is 0.240 e. The van der Waals surface area contributed by atoms with E-state index in [0.717, 1.165) is 18.9 Å². The molecule has 0 aliphatic carbocycles. The van der Waals surface area contributed by atoms with E-state index in [1.807, 2.05) is 0 Å². The Morgan fingerprint density at radius 1 is 1.35 bits per heavy atom. The van der Waals surface area contributed by atoms with Crippen molar-refractivity contribution in [2.45, 2.75) is 12.3 Å². The Kier molecular flexibility index (Phi) is 3.78. The van der Waals surface area contributed by atoms with Gasteiger partial charge in [0, 0.05) is 38.6 Å². The second-order valence-corrected chi connectivity index (χ2v) is 4.65. The highest BCUT2D eigenvalue weighted by molar-refractivity contribution is 6.30. The van der Waals surface area contributed by atoms with Crippen LogP contribution in [0, 0.1) is 0 Å². The van der Waals surface area contributed by atoms with Gasteiger partial charge in [0.25, 0.3) is 0 Å². The molecule has 1 aromatic heterocycles. The third-order valence-corrected chi connectivity index (χ3v) is 2.99. The van der Waals surface area contributed by atoms with Crippen molar-refractivity contribution in [1.82, 2.24) is 14.9 Å². The summed E-state index contributed by atoms with van der Waals surface area (Å²) in [5.74, 6) is 0.865. The Morgan fingerprint density at radius 2 is 2.06 bits per heavy atom. The largest absolute Gasteiger partial charge is 0.352 e. The summed E-state index contributed by atoms with van der Waals surface area (Å²) in [6.45, 7) is 4.62. The van der Waals surface area contributed by atoms with Crippen LogP contribution in [0.1, 0.15) is 6.92 Å². The smallest absolute Gasteiger partial charge is 0.240 e. The molecule has 2 rings (SSSR count). The number of anilines is 1. The minimum Gasteiger partial charge on any atom is -0.352 e. The van der Waals surface area contributed by atoms with Crippen molar-refractivity contribution in [3.05, 3.63) is 18.6 Å². The average Bonchev–Trinajstić information content (AvgIpc) is 2.39. The first kappa shape index (κ1) is 12.1. The van der Waals surface area contributed by atoms with Crippen molar-refractivity contribution in [1.29, 1.82) is 0 Å². The van der Waals surface area contributed by atoms with Gasteiger partial charge in [0.05, 0.1) is 6.20 Å². The van der Waals surface area contributed by atoms with Gasteiger partial charge in [-0.2, -0.15) is 0 Å². The Bertz CT molecular complexity index is 376. The Hall–Kier alpha value is -1.36. The summed E-state index contributed by atoms with van der Waals surface area (Å²) in [5, 5.41) is -0.446. The summed E-state index contributed by atoms with van der Waals surface area (Å²) < 4.78 is 0. The summed E-state index contributed by atoms with van der Waals surface area (Å²) in [6, 6.07) is 0. The Labute approximate surface area is 105 Å². The van der Waals surface area contributed by atoms with Gasteiger partial charge in [0.1, 0.15) is 11.2 Å². The summed E-state index contributed by atoms with van der Waals surface area (Å²) >= 11 is 5.79. The lowest BCUT2D eigenvalue weighted by molar-refractivity contribution is -0.130. The van der Waals surface area contributed by atoms with Crippen LogP contribution < -0.4 is 4.90 Å². The van der Waals surface area contributed by atoms with Crippen molar-refractivity contribution >= 4 is 23.3 Å². The third-order valence-electron chi connectivity index (χ3n) is 2.81. The minimum atomic E-state index is -0.446. The number of halogens is 1. The first-order valence-electron chi connectivity index (χ1n) is 5.62. The van der Waals surface area contributed by atoms with Crippen molar-refractivity contribution < 1.29 is 4.79 Å². The van der Waals surface area contributed by atoms with Gasteiger partial charge in [-0.3, -0.25) is 9.78 Å². The number of hydrogen-bond donors (Lipinski definition) is 0. The molecular weight excluding hydrogens is 240 g/mol. The molecule has 0 radical (unpaired) electrons. The number of piperazine rings is 1. The molecule has 0 unspecified atom stereocenters. The fourth-order valence-electron chi connectivity index (χ4n) is 1.86. The Morgan fingerprint density at radius 3 is 2.59 bits per heavy atom. The summed E-state index contributed by atoms with van der Waals surface area (Å²) in [4.78, 5) is 23.9. The molecule has 1 aliphatic rings. The van der Waals surface area contributed by atoms with Crippen molar-refractivity contribution in [2.75, 3.05) is 31.1 Å². The van der Waals surface area contributed by atoms with Gasteiger partial charge in [0.15, 0.2) is 0 Å². The summed E-state index contributed by atoms with van der Waals surface area (Å²) in [6.07, 6.45) is 5.06. The fraction of sp³-hybridized carbons (Fsp3) is 0.545. The van der Waals surface area contributed by atoms with E-state index in [2.05, 4.69) is 14.9 Å². The predicted molar refractivity (Wildman–Crippen MR) is 66.1 cm³/mol. The van der Waals surface area contributed by atoms with Crippen LogP contribution in [0.25, 0.3) is 0 Å². The second-order valence-electron chi connectivity index (χ2n) is 3.99. The molecule has 0 saturated carbocycles. The zero-order valence-corrected chi connectivity index (χ0v) is 10.5. The molecule has 1 fully saturated rings. The molecule has 17 heavy (non-hydrogen) atoms. The predicted octanol–water partition coefficient (Wildman–Crippen LogP) is 0.752. The fourth-order valence-corrected chi connectivity index (χ4v) is 2.00. The van der Waals surface area contributed by atoms with Crippen molar-refractivity contribution in [2.24, 2.45) is 0 Å². The van der Waals surface area contributed by atoms with Crippen LogP contribution >= 0.6 is 11.6 Å². The Balaban J connectivity index is 1.93. The number of hydrogen-bond acceptors (Lipinski definition) is 4. The van der Waals surface area contributed by atoms with Gasteiger partial charge in [-0.05, 0) is 6.92 Å². The van der Waals surface area contributed by atoms with Crippen LogP contribution in [0.5, 0.6) is 0 Å². The lowest BCUT2D eigenvalue weighted by Crippen LogP contribution is -2.50. The van der Waals surface area contributed by atoms with E-state index < -0.39 is 5.38 Å². The molecule has 2 heterocycles. The molecule has 6 heteroatoms. The molecule has 1 aliphatic heterocycles. The van der Waals surface area contributed by atoms with Crippen molar-refractivity contribution in [3.63, 3.8) is 0 Å². The first-order valence-corrected chi connectivity index (χ1v) is 6.06. The van der Waals surface area contributed by atoms with Crippen LogP contribution in [0.15, 0.2) is 18.6 Å². The van der Waals surface area contributed by atoms with Crippen molar-refractivity contribution in [3.8, 4) is 0 Å². The van der Waals surface area contributed by atoms with Gasteiger partial charge in [-0.1, -0.05) is 0 Å². The van der Waals surface area contributed by atoms with Crippen LogP contribution in [-0.2, 0) is 4.79 Å². The van der Waals surface area contributed by atoms with E-state index in [0.29, 0.717) is 13.1 Å². The highest BCUT2D eigenvalue weighted by Gasteiger charge is 2.24. The van der Waals surface area contributed by atoms with E-state index in [1.165, 1.54) is 0 Å². The topological polar surface area (TPSA) is 49.3 Å². The van der Waals surface area contributed by atoms with E-state index in [9.17, 15) is 4.79 Å². The number of carbonyl (C=O) groups is 1. The highest BCUT2D eigenvalue weighted by Crippen LogP contribution is 2.12. The molecule has 0 N–H and O–H groups in total. The molecule has 92 valence electrons. The van der Waals surface area contributed by atoms with E-state index >= 15 is 0 Å². The monoisotopic (exact) mass is 254 g/mol. The second kappa shape index (κ2) is 5.31. The number of carbonyl (C=O) groups excluding carboxylic acids is 1. The zero-order chi connectivity index (χ0) is 12.3. The van der Waals surface area contributed by atoms with Crippen LogP contribution in [-0.4, -0.2) is 52.3 Å². The first-order chi connectivity index (χ1) is 8.18. The molecule has 1 aromatic rings. The molecule has 1 saturated heterocycles. The zero-order valence-electron chi connectivity index (χ0n) is 9.71. The highest BCUT2D eigenvalue weighted by atomic mass is 35.5. The number of aromatic nitrogens is 2. The normalized spacial score (nSPS) is 18.0. The van der Waals surface area contributed by atoms with Gasteiger partial charge in [-0.15, -0.1) is 11.6 Å². The minimum absolute atomic E-state index is 0.00506. The molecule has 1 atom stereocenters. The van der Waals surface area contributed by atoms with E-state index in [4.69, 9.17) is 11.6 Å². The summed E-state index contributed by atoms with van der Waals surface area (Å²) in [5.41, 5.74) is 0. The summed E-state index contributed by atoms with van der Waals surface area (Å²) in [7, 11) is 0. The van der Waals surface area contributed by atoms with Gasteiger partial charge in [0.2, 0.25) is 5.91 Å². The van der Waals surface area contributed by atoms with Gasteiger partial charge >= 0.3 is 0 Å². The molecule has 0 spiro atoms. The van der Waals surface area contributed by atoms with Crippen LogP contribution in [0.3, 0.4) is 0 Å². The average molecular weight is 255 g/mol. The van der Waals surface area contributed by atoms with E-state index in [-0.39, 0.29) is 5.91 Å². The maximum atomic E-state index is 11.7. The molecule has 5 nitrogen and oxygen atoms in total. The van der Waals surface area contributed by atoms with E-state index in [1.54, 1.807) is 30.4 Å². The lowest BCUT2D eigenvalue weighted by Gasteiger charge is -2.35. The third kappa shape index (κ3) is 2.85.